The summed E-state index contributed by atoms with van der Waals surface area (Å²) in [6, 6.07) is 6.47. The molecule has 0 aliphatic heterocycles. The van der Waals surface area contributed by atoms with Crippen LogP contribution in [0.4, 0.5) is 0 Å². The quantitative estimate of drug-likeness (QED) is 0.802. The van der Waals surface area contributed by atoms with Gasteiger partial charge in [0, 0.05) is 11.8 Å². The van der Waals surface area contributed by atoms with Gasteiger partial charge in [0.25, 0.3) is 0 Å². The summed E-state index contributed by atoms with van der Waals surface area (Å²) in [7, 11) is 1.72. The largest absolute Gasteiger partial charge is 0.497 e. The molecule has 1 aromatic carbocycles. The number of hydrogen-bond acceptors (Lipinski definition) is 2. The van der Waals surface area contributed by atoms with Crippen LogP contribution in [0, 0.1) is 0 Å². The molecule has 2 aliphatic rings. The maximum atomic E-state index is 12.4. The number of aryl methyl sites for hydroxylation is 1. The van der Waals surface area contributed by atoms with E-state index >= 15 is 0 Å². The van der Waals surface area contributed by atoms with E-state index in [-0.39, 0.29) is 5.41 Å². The molecule has 0 N–H and O–H groups in total. The van der Waals surface area contributed by atoms with E-state index in [2.05, 4.69) is 32.0 Å². The highest BCUT2D eigenvalue weighted by atomic mass is 16.5. The van der Waals surface area contributed by atoms with Gasteiger partial charge in [-0.25, -0.2) is 0 Å². The second-order valence-electron chi connectivity index (χ2n) is 6.84. The summed E-state index contributed by atoms with van der Waals surface area (Å²) in [5, 5.41) is 0. The number of fused-ring (bicyclic) bond motifs is 3. The number of Topliss-reactive ketones (excluding diaryl/α,β-unsaturated/α-hetero) is 1. The number of allylic oxidation sites excluding steroid dienone is 2. The van der Waals surface area contributed by atoms with Crippen LogP contribution in [0.2, 0.25) is 0 Å². The first-order valence-corrected chi connectivity index (χ1v) is 8.53. The molecule has 2 heteroatoms. The molecule has 1 aromatic rings. The van der Waals surface area contributed by atoms with Gasteiger partial charge in [0.2, 0.25) is 0 Å². The number of unbranched alkanes of at least 4 members (excludes halogenated alkanes) is 1. The first-order valence-electron chi connectivity index (χ1n) is 8.53. The van der Waals surface area contributed by atoms with Gasteiger partial charge < -0.3 is 4.74 Å². The number of ketones is 1. The number of rotatable bonds is 4. The van der Waals surface area contributed by atoms with Crippen molar-refractivity contribution < 1.29 is 9.53 Å². The summed E-state index contributed by atoms with van der Waals surface area (Å²) < 4.78 is 5.37. The standard InChI is InChI=1S/C20H26O2/c1-4-5-6-16-18-9-7-14-13-15(22-3)8-10-17(14)20(18,2)12-11-19(16)21/h8,10,13H,4-7,9,11-12H2,1-3H3. The van der Waals surface area contributed by atoms with Crippen molar-refractivity contribution in [2.45, 2.75) is 64.2 Å². The van der Waals surface area contributed by atoms with E-state index in [0.29, 0.717) is 12.2 Å². The Bertz CT molecular complexity index is 627. The molecule has 22 heavy (non-hydrogen) atoms. The lowest BCUT2D eigenvalue weighted by atomic mass is 9.60. The van der Waals surface area contributed by atoms with Crippen molar-refractivity contribution in [2.24, 2.45) is 0 Å². The summed E-state index contributed by atoms with van der Waals surface area (Å²) in [5.74, 6) is 1.34. The number of methoxy groups -OCH3 is 1. The van der Waals surface area contributed by atoms with Gasteiger partial charge in [0.15, 0.2) is 5.78 Å². The summed E-state index contributed by atoms with van der Waals surface area (Å²) in [4.78, 5) is 12.4. The molecule has 1 unspecified atom stereocenters. The summed E-state index contributed by atoms with van der Waals surface area (Å²) >= 11 is 0. The summed E-state index contributed by atoms with van der Waals surface area (Å²) in [6.45, 7) is 4.53. The lowest BCUT2D eigenvalue weighted by Crippen LogP contribution is -2.36. The van der Waals surface area contributed by atoms with Crippen LogP contribution < -0.4 is 4.74 Å². The predicted octanol–water partition coefficient (Wildman–Crippen LogP) is 4.75. The van der Waals surface area contributed by atoms with E-state index in [1.807, 2.05) is 0 Å². The van der Waals surface area contributed by atoms with Crippen LogP contribution in [0.25, 0.3) is 0 Å². The van der Waals surface area contributed by atoms with Gasteiger partial charge in [-0.1, -0.05) is 31.9 Å². The average Bonchev–Trinajstić information content (AvgIpc) is 2.54. The lowest BCUT2D eigenvalue weighted by molar-refractivity contribution is -0.116. The molecule has 0 fully saturated rings. The maximum absolute atomic E-state index is 12.4. The smallest absolute Gasteiger partial charge is 0.158 e. The van der Waals surface area contributed by atoms with Gasteiger partial charge >= 0.3 is 0 Å². The molecule has 0 aromatic heterocycles. The third kappa shape index (κ3) is 2.39. The molecule has 2 aliphatic carbocycles. The molecule has 2 nitrogen and oxygen atoms in total. The fourth-order valence-electron chi connectivity index (χ4n) is 4.24. The highest BCUT2D eigenvalue weighted by molar-refractivity contribution is 5.98. The second kappa shape index (κ2) is 5.91. The van der Waals surface area contributed by atoms with Gasteiger partial charge in [0.1, 0.15) is 5.75 Å². The Morgan fingerprint density at radius 2 is 2.05 bits per heavy atom. The van der Waals surface area contributed by atoms with Crippen LogP contribution in [0.15, 0.2) is 29.3 Å². The molecule has 0 bridgehead atoms. The Morgan fingerprint density at radius 1 is 1.23 bits per heavy atom. The summed E-state index contributed by atoms with van der Waals surface area (Å²) in [6.07, 6.45) is 6.94. The number of hydrogen-bond donors (Lipinski definition) is 0. The van der Waals surface area contributed by atoms with Gasteiger partial charge in [-0.15, -0.1) is 0 Å². The van der Waals surface area contributed by atoms with Crippen LogP contribution in [0.5, 0.6) is 5.75 Å². The average molecular weight is 298 g/mol. The molecule has 1 atom stereocenters. The van der Waals surface area contributed by atoms with Crippen molar-refractivity contribution in [3.63, 3.8) is 0 Å². The molecular formula is C20H26O2. The predicted molar refractivity (Wildman–Crippen MR) is 89.5 cm³/mol. The van der Waals surface area contributed by atoms with Crippen LogP contribution in [0.1, 0.15) is 63.5 Å². The van der Waals surface area contributed by atoms with Crippen molar-refractivity contribution in [3.8, 4) is 5.75 Å². The molecule has 0 saturated heterocycles. The van der Waals surface area contributed by atoms with Crippen molar-refractivity contribution in [1.82, 2.24) is 0 Å². The Hall–Kier alpha value is -1.57. The molecule has 0 amide bonds. The zero-order chi connectivity index (χ0) is 15.7. The first kappa shape index (κ1) is 15.3. The van der Waals surface area contributed by atoms with E-state index < -0.39 is 0 Å². The molecule has 0 radical (unpaired) electrons. The van der Waals surface area contributed by atoms with Crippen LogP contribution in [0.3, 0.4) is 0 Å². The Morgan fingerprint density at radius 3 is 2.77 bits per heavy atom. The minimum atomic E-state index is 0.0524. The SMILES string of the molecule is CCCCC1=C2CCc3cc(OC)ccc3C2(C)CCC1=O. The van der Waals surface area contributed by atoms with Gasteiger partial charge in [0.05, 0.1) is 7.11 Å². The van der Waals surface area contributed by atoms with E-state index in [1.54, 1.807) is 7.11 Å². The Balaban J connectivity index is 2.07. The van der Waals surface area contributed by atoms with Crippen molar-refractivity contribution >= 4 is 5.78 Å². The summed E-state index contributed by atoms with van der Waals surface area (Å²) in [5.41, 5.74) is 5.44. The first-order chi connectivity index (χ1) is 10.6. The Labute approximate surface area is 133 Å². The Kier molecular flexibility index (Phi) is 4.12. The van der Waals surface area contributed by atoms with Crippen LogP contribution >= 0.6 is 0 Å². The molecule has 0 saturated carbocycles. The van der Waals surface area contributed by atoms with E-state index in [9.17, 15) is 4.79 Å². The zero-order valence-corrected chi connectivity index (χ0v) is 14.0. The number of ether oxygens (including phenoxy) is 1. The van der Waals surface area contributed by atoms with Crippen molar-refractivity contribution in [2.75, 3.05) is 7.11 Å². The highest BCUT2D eigenvalue weighted by Gasteiger charge is 2.41. The van der Waals surface area contributed by atoms with Crippen molar-refractivity contribution in [1.29, 1.82) is 0 Å². The molecule has 0 spiro atoms. The number of benzene rings is 1. The second-order valence-corrected chi connectivity index (χ2v) is 6.84. The highest BCUT2D eigenvalue weighted by Crippen LogP contribution is 2.49. The topological polar surface area (TPSA) is 26.3 Å². The molecule has 3 rings (SSSR count). The van der Waals surface area contributed by atoms with E-state index in [4.69, 9.17) is 4.74 Å². The minimum Gasteiger partial charge on any atom is -0.497 e. The third-order valence-electron chi connectivity index (χ3n) is 5.55. The van der Waals surface area contributed by atoms with E-state index in [1.165, 1.54) is 16.7 Å². The van der Waals surface area contributed by atoms with E-state index in [0.717, 1.165) is 49.8 Å². The molecule has 0 heterocycles. The molecule has 118 valence electrons. The van der Waals surface area contributed by atoms with Gasteiger partial charge in [-0.3, -0.25) is 4.79 Å². The molecular weight excluding hydrogens is 272 g/mol. The third-order valence-corrected chi connectivity index (χ3v) is 5.55. The van der Waals surface area contributed by atoms with Gasteiger partial charge in [-0.2, -0.15) is 0 Å². The fourth-order valence-corrected chi connectivity index (χ4v) is 4.24. The monoisotopic (exact) mass is 298 g/mol. The van der Waals surface area contributed by atoms with Crippen LogP contribution in [-0.4, -0.2) is 12.9 Å². The minimum absolute atomic E-state index is 0.0524. The van der Waals surface area contributed by atoms with Crippen molar-refractivity contribution in [3.05, 3.63) is 40.5 Å². The lowest BCUT2D eigenvalue weighted by Gasteiger charge is -2.43. The van der Waals surface area contributed by atoms with Crippen LogP contribution in [-0.2, 0) is 16.6 Å². The normalized spacial score (nSPS) is 24.0. The number of carbonyl (C=O) groups is 1. The maximum Gasteiger partial charge on any atom is 0.158 e. The fraction of sp³-hybridized carbons (Fsp3) is 0.550. The number of carbonyl (C=O) groups excluding carboxylic acids is 1. The zero-order valence-electron chi connectivity index (χ0n) is 14.0. The van der Waals surface area contributed by atoms with Gasteiger partial charge in [-0.05, 0) is 60.9 Å².